The van der Waals surface area contributed by atoms with Gasteiger partial charge in [0.2, 0.25) is 0 Å². The Morgan fingerprint density at radius 1 is 0.727 bits per heavy atom. The molecule has 0 aromatic carbocycles. The van der Waals surface area contributed by atoms with Crippen molar-refractivity contribution in [3.8, 4) is 0 Å². The van der Waals surface area contributed by atoms with E-state index in [4.69, 9.17) is 0 Å². The second-order valence-corrected chi connectivity index (χ2v) is 8.27. The quantitative estimate of drug-likeness (QED) is 0.490. The van der Waals surface area contributed by atoms with Crippen LogP contribution in [0.5, 0.6) is 0 Å². The summed E-state index contributed by atoms with van der Waals surface area (Å²) in [5.41, 5.74) is 0. The number of hydrogen-bond acceptors (Lipinski definition) is 0. The fraction of sp³-hybridized carbons (Fsp3) is 0.900. The first-order chi connectivity index (χ1) is 5.41. The molecule has 2 aliphatic heterocycles. The molecule has 0 aromatic rings. The molecule has 0 aromatic heterocycles. The van der Waals surface area contributed by atoms with Gasteiger partial charge in [0, 0.05) is 0 Å². The summed E-state index contributed by atoms with van der Waals surface area (Å²) in [4.78, 5) is 0. The molecule has 0 aliphatic carbocycles. The molecule has 0 N–H and O–H groups in total. The predicted octanol–water partition coefficient (Wildman–Crippen LogP) is 3.17. The Hall–Kier alpha value is 0.300. The molecule has 0 unspecified atom stereocenters. The van der Waals surface area contributed by atoms with Crippen LogP contribution in [0.25, 0.3) is 0 Å². The van der Waals surface area contributed by atoms with Crippen LogP contribution in [0.4, 0.5) is 0 Å². The molecule has 0 amide bonds. The second-order valence-electron chi connectivity index (χ2n) is 4.13. The SMILES string of the molecule is C1=P2(CCCC1)CCCCC2. The molecule has 1 saturated heterocycles. The lowest BCUT2D eigenvalue weighted by atomic mass is 10.2. The summed E-state index contributed by atoms with van der Waals surface area (Å²) in [6.45, 7) is -0.409. The van der Waals surface area contributed by atoms with Crippen molar-refractivity contribution in [3.63, 3.8) is 0 Å². The Balaban J connectivity index is 2.11. The van der Waals surface area contributed by atoms with Crippen LogP contribution in [-0.2, 0) is 0 Å². The summed E-state index contributed by atoms with van der Waals surface area (Å²) in [7, 11) is 0. The van der Waals surface area contributed by atoms with Crippen LogP contribution >= 0.6 is 6.89 Å². The Bertz CT molecular complexity index is 171. The maximum atomic E-state index is 2.76. The van der Waals surface area contributed by atoms with Crippen LogP contribution in [0.2, 0.25) is 0 Å². The summed E-state index contributed by atoms with van der Waals surface area (Å²) >= 11 is 0. The lowest BCUT2D eigenvalue weighted by Gasteiger charge is -2.33. The van der Waals surface area contributed by atoms with Crippen molar-refractivity contribution in [1.29, 1.82) is 0 Å². The minimum Gasteiger partial charge on any atom is -0.109 e. The molecular weight excluding hydrogens is 151 g/mol. The maximum Gasteiger partial charge on any atom is -0.0330 e. The summed E-state index contributed by atoms with van der Waals surface area (Å²) in [5.74, 6) is 2.76. The van der Waals surface area contributed by atoms with Crippen molar-refractivity contribution in [1.82, 2.24) is 0 Å². The van der Waals surface area contributed by atoms with Gasteiger partial charge in [-0.1, -0.05) is 12.2 Å². The molecule has 0 radical (unpaired) electrons. The van der Waals surface area contributed by atoms with Gasteiger partial charge < -0.3 is 0 Å². The van der Waals surface area contributed by atoms with E-state index in [9.17, 15) is 0 Å². The minimum absolute atomic E-state index is 0.409. The molecule has 64 valence electrons. The van der Waals surface area contributed by atoms with E-state index in [-0.39, 0.29) is 0 Å². The first-order valence-electron chi connectivity index (χ1n) is 5.12. The normalized spacial score (nSPS) is 29.8. The number of rotatable bonds is 0. The van der Waals surface area contributed by atoms with Gasteiger partial charge in [0.15, 0.2) is 0 Å². The van der Waals surface area contributed by atoms with E-state index in [2.05, 4.69) is 5.80 Å². The molecule has 2 aliphatic rings. The van der Waals surface area contributed by atoms with E-state index in [1.54, 1.807) is 37.7 Å². The van der Waals surface area contributed by atoms with Crippen LogP contribution < -0.4 is 0 Å². The van der Waals surface area contributed by atoms with Crippen LogP contribution in [0, 0.1) is 0 Å². The van der Waals surface area contributed by atoms with Crippen molar-refractivity contribution in [2.24, 2.45) is 0 Å². The highest BCUT2D eigenvalue weighted by atomic mass is 31.2. The molecule has 0 saturated carbocycles. The molecule has 2 heterocycles. The molecule has 1 spiro atoms. The topological polar surface area (TPSA) is 0 Å². The molecule has 0 bridgehead atoms. The second kappa shape index (κ2) is 3.35. The monoisotopic (exact) mass is 170 g/mol. The van der Waals surface area contributed by atoms with E-state index in [1.165, 1.54) is 19.3 Å². The molecule has 0 nitrogen and oxygen atoms in total. The van der Waals surface area contributed by atoms with Gasteiger partial charge in [-0.05, 0) is 50.6 Å². The third-order valence-corrected chi connectivity index (χ3v) is 7.93. The summed E-state index contributed by atoms with van der Waals surface area (Å²) < 4.78 is 0. The van der Waals surface area contributed by atoms with Gasteiger partial charge >= 0.3 is 0 Å². The molecular formula is C10H19P. The standard InChI is InChI=1S/C10H19P/c1-3-7-11(8-4-1)9-5-2-6-10-11/h7H,1-6,8-10H2. The molecule has 0 atom stereocenters. The lowest BCUT2D eigenvalue weighted by Crippen LogP contribution is -2.11. The molecule has 11 heavy (non-hydrogen) atoms. The Labute approximate surface area is 70.4 Å². The Morgan fingerprint density at radius 3 is 2.00 bits per heavy atom. The van der Waals surface area contributed by atoms with Crippen molar-refractivity contribution >= 4 is 12.7 Å². The lowest BCUT2D eigenvalue weighted by molar-refractivity contribution is 0.738. The Kier molecular flexibility index (Phi) is 2.42. The summed E-state index contributed by atoms with van der Waals surface area (Å²) in [5, 5.41) is 0. The highest BCUT2D eigenvalue weighted by Gasteiger charge is 2.21. The zero-order valence-corrected chi connectivity index (χ0v) is 8.28. The minimum atomic E-state index is -0.409. The third kappa shape index (κ3) is 1.72. The van der Waals surface area contributed by atoms with E-state index < -0.39 is 6.89 Å². The fourth-order valence-corrected chi connectivity index (χ4v) is 7.08. The van der Waals surface area contributed by atoms with Crippen molar-refractivity contribution in [2.75, 3.05) is 18.5 Å². The van der Waals surface area contributed by atoms with Crippen molar-refractivity contribution in [3.05, 3.63) is 0 Å². The average molecular weight is 170 g/mol. The number of hydrogen-bond donors (Lipinski definition) is 0. The van der Waals surface area contributed by atoms with Gasteiger partial charge in [0.1, 0.15) is 0 Å². The smallest absolute Gasteiger partial charge is 0.0330 e. The highest BCUT2D eigenvalue weighted by molar-refractivity contribution is 7.75. The van der Waals surface area contributed by atoms with Crippen LogP contribution in [0.15, 0.2) is 0 Å². The van der Waals surface area contributed by atoms with Crippen LogP contribution in [0.3, 0.4) is 0 Å². The predicted molar refractivity (Wildman–Crippen MR) is 55.3 cm³/mol. The maximum absolute atomic E-state index is 2.76. The van der Waals surface area contributed by atoms with Crippen LogP contribution in [0.1, 0.15) is 38.5 Å². The van der Waals surface area contributed by atoms with Gasteiger partial charge in [-0.3, -0.25) is 0 Å². The van der Waals surface area contributed by atoms with Crippen molar-refractivity contribution < 1.29 is 0 Å². The fourth-order valence-electron chi connectivity index (χ4n) is 2.58. The average Bonchev–Trinajstić information content (AvgIpc) is 2.07. The molecule has 1 fully saturated rings. The first-order valence-corrected chi connectivity index (χ1v) is 7.53. The van der Waals surface area contributed by atoms with E-state index in [0.29, 0.717) is 0 Å². The summed E-state index contributed by atoms with van der Waals surface area (Å²) in [6, 6.07) is 0. The zero-order valence-electron chi connectivity index (χ0n) is 7.39. The van der Waals surface area contributed by atoms with E-state index in [1.807, 2.05) is 0 Å². The van der Waals surface area contributed by atoms with E-state index >= 15 is 0 Å². The van der Waals surface area contributed by atoms with Crippen LogP contribution in [-0.4, -0.2) is 24.3 Å². The van der Waals surface area contributed by atoms with Gasteiger partial charge in [0.05, 0.1) is 0 Å². The highest BCUT2D eigenvalue weighted by Crippen LogP contribution is 2.53. The third-order valence-electron chi connectivity index (χ3n) is 3.28. The van der Waals surface area contributed by atoms with Gasteiger partial charge in [-0.25, -0.2) is 0 Å². The van der Waals surface area contributed by atoms with Crippen molar-refractivity contribution in [2.45, 2.75) is 38.5 Å². The zero-order chi connectivity index (χ0) is 7.57. The largest absolute Gasteiger partial charge is 0.109 e. The summed E-state index contributed by atoms with van der Waals surface area (Å²) in [6.07, 6.45) is 14.0. The van der Waals surface area contributed by atoms with E-state index in [0.717, 1.165) is 0 Å². The van der Waals surface area contributed by atoms with Gasteiger partial charge in [-0.2, -0.15) is 0 Å². The Morgan fingerprint density at radius 2 is 1.36 bits per heavy atom. The van der Waals surface area contributed by atoms with Gasteiger partial charge in [-0.15, -0.1) is 6.89 Å². The van der Waals surface area contributed by atoms with Gasteiger partial charge in [0.25, 0.3) is 0 Å². The first kappa shape index (κ1) is 7.92. The molecule has 2 rings (SSSR count). The molecule has 1 heteroatoms.